The Morgan fingerprint density at radius 2 is 1.86 bits per heavy atom. The molecule has 2 N–H and O–H groups in total. The van der Waals surface area contributed by atoms with Gasteiger partial charge in [-0.3, -0.25) is 4.79 Å². The molecular formula is C14H17F3N2O2. The van der Waals surface area contributed by atoms with Crippen LogP contribution in [0.2, 0.25) is 0 Å². The van der Waals surface area contributed by atoms with Crippen molar-refractivity contribution in [1.29, 1.82) is 0 Å². The Balaban J connectivity index is 1.85. The summed E-state index contributed by atoms with van der Waals surface area (Å²) < 4.78 is 40.6. The summed E-state index contributed by atoms with van der Waals surface area (Å²) in [6, 6.07) is 5.88. The monoisotopic (exact) mass is 302 g/mol. The molecule has 0 bridgehead atoms. The van der Waals surface area contributed by atoms with Crippen molar-refractivity contribution >= 4 is 11.6 Å². The molecule has 0 radical (unpaired) electrons. The molecule has 2 rings (SSSR count). The number of benzene rings is 1. The first-order chi connectivity index (χ1) is 9.94. The van der Waals surface area contributed by atoms with E-state index in [9.17, 15) is 18.0 Å². The highest BCUT2D eigenvalue weighted by atomic mass is 19.4. The highest BCUT2D eigenvalue weighted by Gasteiger charge is 2.28. The third-order valence-corrected chi connectivity index (χ3v) is 3.23. The molecule has 0 spiro atoms. The molecule has 1 amide bonds. The number of rotatable bonds is 4. The lowest BCUT2D eigenvalue weighted by atomic mass is 9.97. The molecule has 0 saturated carbocycles. The quantitative estimate of drug-likeness (QED) is 0.899. The molecule has 0 aromatic heterocycles. The topological polar surface area (TPSA) is 50.4 Å². The minimum absolute atomic E-state index is 0.0209. The number of alkyl halides is 3. The van der Waals surface area contributed by atoms with Gasteiger partial charge in [0.05, 0.1) is 0 Å². The van der Waals surface area contributed by atoms with Crippen molar-refractivity contribution in [1.82, 2.24) is 5.32 Å². The second kappa shape index (κ2) is 6.80. The molecule has 21 heavy (non-hydrogen) atoms. The van der Waals surface area contributed by atoms with E-state index in [-0.39, 0.29) is 17.6 Å². The smallest absolute Gasteiger partial charge is 0.422 e. The fraction of sp³-hybridized carbons (Fsp3) is 0.500. The number of piperidine rings is 1. The lowest BCUT2D eigenvalue weighted by Crippen LogP contribution is -2.34. The van der Waals surface area contributed by atoms with Gasteiger partial charge in [-0.1, -0.05) is 0 Å². The summed E-state index contributed by atoms with van der Waals surface area (Å²) in [5.74, 6) is 0.0417. The van der Waals surface area contributed by atoms with E-state index in [1.54, 1.807) is 0 Å². The van der Waals surface area contributed by atoms with Crippen LogP contribution >= 0.6 is 0 Å². The predicted octanol–water partition coefficient (Wildman–Crippen LogP) is 2.57. The van der Waals surface area contributed by atoms with E-state index in [4.69, 9.17) is 0 Å². The minimum atomic E-state index is -4.36. The molecule has 1 aliphatic rings. The van der Waals surface area contributed by atoms with Crippen LogP contribution in [0.25, 0.3) is 0 Å². The Morgan fingerprint density at radius 3 is 2.43 bits per heavy atom. The van der Waals surface area contributed by atoms with Gasteiger partial charge >= 0.3 is 6.18 Å². The van der Waals surface area contributed by atoms with Gasteiger partial charge in [0.25, 0.3) is 0 Å². The number of hydrogen-bond acceptors (Lipinski definition) is 3. The zero-order chi connectivity index (χ0) is 15.3. The third kappa shape index (κ3) is 5.26. The Morgan fingerprint density at radius 1 is 1.24 bits per heavy atom. The second-order valence-corrected chi connectivity index (χ2v) is 4.94. The Hall–Kier alpha value is -1.76. The van der Waals surface area contributed by atoms with Gasteiger partial charge < -0.3 is 15.4 Å². The van der Waals surface area contributed by atoms with Gasteiger partial charge in [-0.2, -0.15) is 13.2 Å². The van der Waals surface area contributed by atoms with Crippen LogP contribution in [0.5, 0.6) is 5.75 Å². The molecule has 4 nitrogen and oxygen atoms in total. The van der Waals surface area contributed by atoms with Crippen LogP contribution in [-0.2, 0) is 4.79 Å². The normalized spacial score (nSPS) is 16.5. The van der Waals surface area contributed by atoms with Gasteiger partial charge in [0.15, 0.2) is 6.61 Å². The van der Waals surface area contributed by atoms with Crippen molar-refractivity contribution in [2.24, 2.45) is 5.92 Å². The fourth-order valence-corrected chi connectivity index (χ4v) is 2.13. The number of hydrogen-bond donors (Lipinski definition) is 2. The highest BCUT2D eigenvalue weighted by molar-refractivity contribution is 5.92. The SMILES string of the molecule is O=C(Nc1ccc(OCC(F)(F)F)cc1)C1CCNCC1. The van der Waals surface area contributed by atoms with Crippen molar-refractivity contribution in [3.8, 4) is 5.75 Å². The van der Waals surface area contributed by atoms with Gasteiger partial charge in [-0.15, -0.1) is 0 Å². The average Bonchev–Trinajstić information content (AvgIpc) is 2.46. The van der Waals surface area contributed by atoms with E-state index in [1.165, 1.54) is 24.3 Å². The second-order valence-electron chi connectivity index (χ2n) is 4.94. The van der Waals surface area contributed by atoms with Crippen molar-refractivity contribution in [2.75, 3.05) is 25.0 Å². The van der Waals surface area contributed by atoms with Gasteiger partial charge in [0, 0.05) is 11.6 Å². The van der Waals surface area contributed by atoms with Gasteiger partial charge in [0.1, 0.15) is 5.75 Å². The molecule has 116 valence electrons. The van der Waals surface area contributed by atoms with Gasteiger partial charge in [-0.25, -0.2) is 0 Å². The number of amides is 1. The fourth-order valence-electron chi connectivity index (χ4n) is 2.13. The van der Waals surface area contributed by atoms with Crippen LogP contribution in [0, 0.1) is 5.92 Å². The van der Waals surface area contributed by atoms with Crippen molar-refractivity contribution in [3.63, 3.8) is 0 Å². The van der Waals surface area contributed by atoms with E-state index in [0.29, 0.717) is 5.69 Å². The third-order valence-electron chi connectivity index (χ3n) is 3.23. The Labute approximate surface area is 120 Å². The first-order valence-corrected chi connectivity index (χ1v) is 6.75. The summed E-state index contributed by atoms with van der Waals surface area (Å²) in [5, 5.41) is 5.95. The van der Waals surface area contributed by atoms with Gasteiger partial charge in [-0.05, 0) is 50.2 Å². The largest absolute Gasteiger partial charge is 0.484 e. The molecule has 0 unspecified atom stereocenters. The highest BCUT2D eigenvalue weighted by Crippen LogP contribution is 2.21. The lowest BCUT2D eigenvalue weighted by molar-refractivity contribution is -0.153. The van der Waals surface area contributed by atoms with E-state index in [1.807, 2.05) is 0 Å². The molecule has 1 aliphatic heterocycles. The molecular weight excluding hydrogens is 285 g/mol. The number of carbonyl (C=O) groups excluding carboxylic acids is 1. The van der Waals surface area contributed by atoms with Crippen LogP contribution in [0.15, 0.2) is 24.3 Å². The van der Waals surface area contributed by atoms with E-state index in [2.05, 4.69) is 15.4 Å². The van der Waals surface area contributed by atoms with Gasteiger partial charge in [0.2, 0.25) is 5.91 Å². The number of anilines is 1. The summed E-state index contributed by atoms with van der Waals surface area (Å²) in [7, 11) is 0. The maximum absolute atomic E-state index is 12.0. The van der Waals surface area contributed by atoms with E-state index >= 15 is 0 Å². The minimum Gasteiger partial charge on any atom is -0.484 e. The zero-order valence-electron chi connectivity index (χ0n) is 11.4. The molecule has 1 fully saturated rings. The molecule has 1 heterocycles. The van der Waals surface area contributed by atoms with Crippen molar-refractivity contribution in [2.45, 2.75) is 19.0 Å². The van der Waals surface area contributed by atoms with E-state index < -0.39 is 12.8 Å². The molecule has 7 heteroatoms. The summed E-state index contributed by atoms with van der Waals surface area (Å²) in [6.45, 7) is 0.318. The van der Waals surface area contributed by atoms with Crippen molar-refractivity contribution in [3.05, 3.63) is 24.3 Å². The maximum atomic E-state index is 12.0. The first-order valence-electron chi connectivity index (χ1n) is 6.75. The number of halogens is 3. The summed E-state index contributed by atoms with van der Waals surface area (Å²) in [6.07, 6.45) is -2.78. The number of carbonyl (C=O) groups is 1. The van der Waals surface area contributed by atoms with E-state index in [0.717, 1.165) is 25.9 Å². The summed E-state index contributed by atoms with van der Waals surface area (Å²) in [5.41, 5.74) is 0.554. The van der Waals surface area contributed by atoms with Crippen LogP contribution in [0.1, 0.15) is 12.8 Å². The standard InChI is InChI=1S/C14H17F3N2O2/c15-14(16,17)9-21-12-3-1-11(2-4-12)19-13(20)10-5-7-18-8-6-10/h1-4,10,18H,5-9H2,(H,19,20). The number of nitrogens with one attached hydrogen (secondary N) is 2. The average molecular weight is 302 g/mol. The lowest BCUT2D eigenvalue weighted by Gasteiger charge is -2.21. The van der Waals surface area contributed by atoms with Crippen LogP contribution in [0.4, 0.5) is 18.9 Å². The summed E-state index contributed by atoms with van der Waals surface area (Å²) in [4.78, 5) is 12.0. The van der Waals surface area contributed by atoms with Crippen LogP contribution in [-0.4, -0.2) is 31.8 Å². The first kappa shape index (κ1) is 15.6. The molecule has 1 saturated heterocycles. The Kier molecular flexibility index (Phi) is 5.06. The summed E-state index contributed by atoms with van der Waals surface area (Å²) >= 11 is 0. The maximum Gasteiger partial charge on any atom is 0.422 e. The molecule has 1 aromatic rings. The number of ether oxygens (including phenoxy) is 1. The zero-order valence-corrected chi connectivity index (χ0v) is 11.4. The predicted molar refractivity (Wildman–Crippen MR) is 72.2 cm³/mol. The van der Waals surface area contributed by atoms with Crippen LogP contribution < -0.4 is 15.4 Å². The van der Waals surface area contributed by atoms with Crippen LogP contribution in [0.3, 0.4) is 0 Å². The van der Waals surface area contributed by atoms with Crippen molar-refractivity contribution < 1.29 is 22.7 Å². The molecule has 0 aliphatic carbocycles. The molecule has 0 atom stereocenters. The molecule has 1 aromatic carbocycles. The Bertz CT molecular complexity index is 468.